The third-order valence-corrected chi connectivity index (χ3v) is 6.76. The Morgan fingerprint density at radius 2 is 1.77 bits per heavy atom. The molecule has 1 amide bonds. The van der Waals surface area contributed by atoms with E-state index in [1.165, 1.54) is 20.5 Å². The summed E-state index contributed by atoms with van der Waals surface area (Å²) in [5.74, 6) is -0.112. The van der Waals surface area contributed by atoms with Gasteiger partial charge in [0.25, 0.3) is 5.91 Å². The highest BCUT2D eigenvalue weighted by Gasteiger charge is 2.19. The average molecular weight is 407 g/mol. The van der Waals surface area contributed by atoms with Crippen molar-refractivity contribution in [2.75, 3.05) is 5.32 Å². The Morgan fingerprint density at radius 3 is 2.70 bits per heavy atom. The van der Waals surface area contributed by atoms with Crippen molar-refractivity contribution in [2.24, 2.45) is 9.98 Å². The summed E-state index contributed by atoms with van der Waals surface area (Å²) in [6, 6.07) is 20.4. The van der Waals surface area contributed by atoms with Crippen LogP contribution in [0.1, 0.15) is 32.6 Å². The maximum Gasteiger partial charge on any atom is 0.255 e. The van der Waals surface area contributed by atoms with E-state index in [1.54, 1.807) is 11.3 Å². The van der Waals surface area contributed by atoms with Gasteiger partial charge in [0.15, 0.2) is 0 Å². The first-order valence-electron chi connectivity index (χ1n) is 9.84. The first-order chi connectivity index (χ1) is 14.7. The van der Waals surface area contributed by atoms with E-state index in [4.69, 9.17) is 0 Å². The summed E-state index contributed by atoms with van der Waals surface area (Å²) in [6.45, 7) is 1.33. The fourth-order valence-corrected chi connectivity index (χ4v) is 5.19. The van der Waals surface area contributed by atoms with Crippen LogP contribution in [0.2, 0.25) is 0 Å². The Morgan fingerprint density at radius 1 is 0.900 bits per heavy atom. The lowest BCUT2D eigenvalue weighted by atomic mass is 9.97. The van der Waals surface area contributed by atoms with Crippen LogP contribution in [0, 0.1) is 0 Å². The van der Waals surface area contributed by atoms with E-state index in [0.29, 0.717) is 18.7 Å². The van der Waals surface area contributed by atoms with Crippen molar-refractivity contribution in [3.05, 3.63) is 88.5 Å². The van der Waals surface area contributed by atoms with Gasteiger partial charge in [-0.2, -0.15) is 0 Å². The summed E-state index contributed by atoms with van der Waals surface area (Å²) in [5, 5.41) is 4.27. The number of nitrogens with zero attached hydrogens (tertiary/aromatic N) is 2. The summed E-state index contributed by atoms with van der Waals surface area (Å²) < 4.78 is 1.25. The van der Waals surface area contributed by atoms with Gasteiger partial charge in [0, 0.05) is 33.3 Å². The molecule has 0 bridgehead atoms. The van der Waals surface area contributed by atoms with Crippen molar-refractivity contribution in [3.8, 4) is 10.4 Å². The molecule has 0 saturated carbocycles. The first-order valence-corrected chi connectivity index (χ1v) is 10.7. The van der Waals surface area contributed by atoms with Crippen LogP contribution in [-0.2, 0) is 13.1 Å². The lowest BCUT2D eigenvalue weighted by molar-refractivity contribution is 0.102. The number of aliphatic imine (C=N–C) groups is 2. The number of hydrogen-bond acceptors (Lipinski definition) is 4. The maximum absolute atomic E-state index is 13.1. The summed E-state index contributed by atoms with van der Waals surface area (Å²) in [6.07, 6.45) is 3.74. The maximum atomic E-state index is 13.1. The highest BCUT2D eigenvalue weighted by atomic mass is 32.1. The van der Waals surface area contributed by atoms with Crippen molar-refractivity contribution >= 4 is 45.4 Å². The second kappa shape index (κ2) is 6.75. The van der Waals surface area contributed by atoms with E-state index in [1.807, 2.05) is 42.8 Å². The van der Waals surface area contributed by atoms with Gasteiger partial charge in [-0.15, -0.1) is 11.3 Å². The lowest BCUT2D eigenvalue weighted by Gasteiger charge is -2.11. The third-order valence-electron chi connectivity index (χ3n) is 5.61. The molecular formula is C25H17N3OS. The van der Waals surface area contributed by atoms with Crippen molar-refractivity contribution in [3.63, 3.8) is 0 Å². The molecule has 30 heavy (non-hydrogen) atoms. The molecule has 0 unspecified atom stereocenters. The van der Waals surface area contributed by atoms with Crippen LogP contribution in [0.3, 0.4) is 0 Å². The van der Waals surface area contributed by atoms with Gasteiger partial charge in [0.05, 0.1) is 13.1 Å². The molecule has 4 aromatic rings. The van der Waals surface area contributed by atoms with E-state index in [0.717, 1.165) is 27.9 Å². The quantitative estimate of drug-likeness (QED) is 0.466. The molecule has 0 spiro atoms. The molecule has 2 aliphatic heterocycles. The summed E-state index contributed by atoms with van der Waals surface area (Å²) in [4.78, 5) is 23.0. The molecule has 0 saturated heterocycles. The Labute approximate surface area is 177 Å². The summed E-state index contributed by atoms with van der Waals surface area (Å²) in [5.41, 5.74) is 7.01. The van der Waals surface area contributed by atoms with Gasteiger partial charge in [-0.05, 0) is 69.6 Å². The number of fused-ring (bicyclic) bond motifs is 3. The average Bonchev–Trinajstić information content (AvgIpc) is 3.50. The molecule has 0 aliphatic carbocycles. The van der Waals surface area contributed by atoms with E-state index < -0.39 is 0 Å². The fraction of sp³-hybridized carbons (Fsp3) is 0.0800. The molecular weight excluding hydrogens is 390 g/mol. The predicted octanol–water partition coefficient (Wildman–Crippen LogP) is 5.69. The molecule has 0 fully saturated rings. The number of rotatable bonds is 3. The SMILES string of the molecule is O=C(Nc1ccc2c(c1)CN=C2)c1cc2c(c(-c3cc4ccccc4s3)c1)CN=C2. The zero-order chi connectivity index (χ0) is 20.1. The third kappa shape index (κ3) is 2.86. The number of carbonyl (C=O) groups excluding carboxylic acids is 1. The van der Waals surface area contributed by atoms with Crippen LogP contribution in [0.5, 0.6) is 0 Å². The molecule has 6 rings (SSSR count). The normalized spacial score (nSPS) is 13.6. The number of hydrogen-bond donors (Lipinski definition) is 1. The fourth-order valence-electron chi connectivity index (χ4n) is 4.08. The largest absolute Gasteiger partial charge is 0.322 e. The lowest BCUT2D eigenvalue weighted by Crippen LogP contribution is -2.13. The Bertz CT molecular complexity index is 1360. The van der Waals surface area contributed by atoms with Crippen LogP contribution in [0.15, 0.2) is 70.6 Å². The number of benzene rings is 3. The number of anilines is 1. The molecule has 3 heterocycles. The molecule has 1 aromatic heterocycles. The molecule has 5 heteroatoms. The van der Waals surface area contributed by atoms with Crippen LogP contribution in [-0.4, -0.2) is 18.3 Å². The minimum atomic E-state index is -0.112. The molecule has 0 atom stereocenters. The second-order valence-corrected chi connectivity index (χ2v) is 8.63. The monoisotopic (exact) mass is 407 g/mol. The minimum Gasteiger partial charge on any atom is -0.322 e. The van der Waals surface area contributed by atoms with Gasteiger partial charge in [-0.3, -0.25) is 14.8 Å². The van der Waals surface area contributed by atoms with Crippen LogP contribution in [0.4, 0.5) is 5.69 Å². The highest BCUT2D eigenvalue weighted by Crippen LogP contribution is 2.38. The molecule has 0 radical (unpaired) electrons. The van der Waals surface area contributed by atoms with Gasteiger partial charge in [0.2, 0.25) is 0 Å². The van der Waals surface area contributed by atoms with E-state index in [9.17, 15) is 4.79 Å². The van der Waals surface area contributed by atoms with Crippen LogP contribution < -0.4 is 5.32 Å². The smallest absolute Gasteiger partial charge is 0.255 e. The Balaban J connectivity index is 1.38. The van der Waals surface area contributed by atoms with Crippen LogP contribution in [0.25, 0.3) is 20.5 Å². The summed E-state index contributed by atoms with van der Waals surface area (Å²) >= 11 is 1.75. The Kier molecular flexibility index (Phi) is 3.89. The van der Waals surface area contributed by atoms with Gasteiger partial charge < -0.3 is 5.32 Å². The number of amides is 1. The van der Waals surface area contributed by atoms with Crippen molar-refractivity contribution < 1.29 is 4.79 Å². The highest BCUT2D eigenvalue weighted by molar-refractivity contribution is 7.22. The Hall–Kier alpha value is -3.57. The zero-order valence-electron chi connectivity index (χ0n) is 16.1. The zero-order valence-corrected chi connectivity index (χ0v) is 16.9. The van der Waals surface area contributed by atoms with Crippen molar-refractivity contribution in [2.45, 2.75) is 13.1 Å². The van der Waals surface area contributed by atoms with Crippen molar-refractivity contribution in [1.29, 1.82) is 0 Å². The van der Waals surface area contributed by atoms with Gasteiger partial charge >= 0.3 is 0 Å². The van der Waals surface area contributed by atoms with Crippen molar-refractivity contribution in [1.82, 2.24) is 0 Å². The van der Waals surface area contributed by atoms with E-state index in [2.05, 4.69) is 45.6 Å². The minimum absolute atomic E-state index is 0.112. The second-order valence-electron chi connectivity index (χ2n) is 7.55. The molecule has 4 nitrogen and oxygen atoms in total. The molecule has 3 aromatic carbocycles. The van der Waals surface area contributed by atoms with Crippen LogP contribution >= 0.6 is 11.3 Å². The molecule has 2 aliphatic rings. The number of thiophene rings is 1. The van der Waals surface area contributed by atoms with Gasteiger partial charge in [0.1, 0.15) is 0 Å². The van der Waals surface area contributed by atoms with Gasteiger partial charge in [-0.1, -0.05) is 24.3 Å². The number of nitrogens with one attached hydrogen (secondary N) is 1. The standard InChI is InChI=1S/C25H17N3OS/c29-25(28-20-6-5-16-11-26-12-18(16)8-20)17-7-19-13-27-14-22(19)21(9-17)24-10-15-3-1-2-4-23(15)30-24/h1-11,13H,12,14H2,(H,28,29). The number of carbonyl (C=O) groups is 1. The summed E-state index contributed by atoms with van der Waals surface area (Å²) in [7, 11) is 0. The first kappa shape index (κ1) is 17.3. The van der Waals surface area contributed by atoms with E-state index in [-0.39, 0.29) is 5.91 Å². The van der Waals surface area contributed by atoms with E-state index >= 15 is 0 Å². The molecule has 1 N–H and O–H groups in total. The van der Waals surface area contributed by atoms with Gasteiger partial charge in [-0.25, -0.2) is 0 Å². The topological polar surface area (TPSA) is 53.8 Å². The predicted molar refractivity (Wildman–Crippen MR) is 124 cm³/mol. The molecule has 144 valence electrons.